The molecule has 0 aromatic rings. The lowest BCUT2D eigenvalue weighted by molar-refractivity contribution is 0.249. The lowest BCUT2D eigenvalue weighted by Gasteiger charge is -2.38. The van der Waals surface area contributed by atoms with Crippen LogP contribution in [0.5, 0.6) is 0 Å². The van der Waals surface area contributed by atoms with Crippen molar-refractivity contribution < 1.29 is 8.42 Å². The molecule has 15 heavy (non-hydrogen) atoms. The third kappa shape index (κ3) is 2.50. The second-order valence-electron chi connectivity index (χ2n) is 4.65. The Morgan fingerprint density at radius 2 is 1.80 bits per heavy atom. The van der Waals surface area contributed by atoms with Crippen molar-refractivity contribution in [3.63, 3.8) is 0 Å². The maximum absolute atomic E-state index is 11.8. The predicted molar refractivity (Wildman–Crippen MR) is 58.5 cm³/mol. The van der Waals surface area contributed by atoms with Gasteiger partial charge in [-0.1, -0.05) is 0 Å². The van der Waals surface area contributed by atoms with Crippen molar-refractivity contribution in [2.45, 2.75) is 37.6 Å². The molecule has 3 N–H and O–H groups in total. The van der Waals surface area contributed by atoms with Gasteiger partial charge in [-0.2, -0.15) is 12.7 Å². The highest BCUT2D eigenvalue weighted by Gasteiger charge is 2.35. The van der Waals surface area contributed by atoms with E-state index in [4.69, 9.17) is 5.73 Å². The molecular weight excluding hydrogens is 214 g/mol. The molecule has 0 spiro atoms. The highest BCUT2D eigenvalue weighted by atomic mass is 32.2. The number of nitrogens with one attached hydrogen (secondary N) is 1. The smallest absolute Gasteiger partial charge is 0.279 e. The molecule has 0 amide bonds. The zero-order valence-electron chi connectivity index (χ0n) is 8.91. The van der Waals surface area contributed by atoms with Crippen LogP contribution in [0.15, 0.2) is 0 Å². The Morgan fingerprint density at radius 3 is 2.27 bits per heavy atom. The van der Waals surface area contributed by atoms with Crippen LogP contribution in [0.4, 0.5) is 0 Å². The molecule has 0 bridgehead atoms. The van der Waals surface area contributed by atoms with Crippen LogP contribution in [0.25, 0.3) is 0 Å². The summed E-state index contributed by atoms with van der Waals surface area (Å²) in [6.07, 6.45) is 4.90. The fourth-order valence-corrected chi connectivity index (χ4v) is 3.45. The van der Waals surface area contributed by atoms with E-state index in [9.17, 15) is 8.42 Å². The van der Waals surface area contributed by atoms with Crippen molar-refractivity contribution in [1.29, 1.82) is 0 Å². The molecule has 0 unspecified atom stereocenters. The van der Waals surface area contributed by atoms with Crippen molar-refractivity contribution in [3.8, 4) is 0 Å². The summed E-state index contributed by atoms with van der Waals surface area (Å²) in [7, 11) is -3.27. The molecule has 1 heterocycles. The van der Waals surface area contributed by atoms with Crippen LogP contribution in [0.2, 0.25) is 0 Å². The van der Waals surface area contributed by atoms with E-state index in [-0.39, 0.29) is 5.54 Å². The summed E-state index contributed by atoms with van der Waals surface area (Å²) < 4.78 is 27.7. The molecule has 88 valence electrons. The van der Waals surface area contributed by atoms with Crippen LogP contribution in [0.1, 0.15) is 32.1 Å². The molecule has 1 aliphatic heterocycles. The molecule has 0 radical (unpaired) electrons. The summed E-state index contributed by atoms with van der Waals surface area (Å²) in [5, 5.41) is 0. The highest BCUT2D eigenvalue weighted by Crippen LogP contribution is 2.28. The Kier molecular flexibility index (Phi) is 3.03. The van der Waals surface area contributed by atoms with Gasteiger partial charge in [-0.3, -0.25) is 0 Å². The number of hydrogen-bond acceptors (Lipinski definition) is 3. The van der Waals surface area contributed by atoms with E-state index in [0.717, 1.165) is 32.1 Å². The number of hydrogen-bond donors (Lipinski definition) is 2. The van der Waals surface area contributed by atoms with Gasteiger partial charge in [0.25, 0.3) is 10.2 Å². The van der Waals surface area contributed by atoms with Crippen LogP contribution in [0, 0.1) is 0 Å². The van der Waals surface area contributed by atoms with Gasteiger partial charge in [0.1, 0.15) is 0 Å². The Bertz CT molecular complexity index is 318. The van der Waals surface area contributed by atoms with Crippen molar-refractivity contribution in [2.24, 2.45) is 5.73 Å². The lowest BCUT2D eigenvalue weighted by atomic mass is 9.78. The zero-order chi connectivity index (χ0) is 10.9. The summed E-state index contributed by atoms with van der Waals surface area (Å²) in [5.74, 6) is 0. The minimum Gasteiger partial charge on any atom is -0.324 e. The average molecular weight is 233 g/mol. The Balaban J connectivity index is 1.87. The minimum absolute atomic E-state index is 0.285. The molecule has 2 fully saturated rings. The standard InChI is InChI=1S/C9H19N3O2S/c10-9(4-3-5-9)8-11-15(13,14)12-6-1-2-7-12/h11H,1-8,10H2. The molecule has 0 aromatic heterocycles. The Morgan fingerprint density at radius 1 is 1.20 bits per heavy atom. The minimum atomic E-state index is -3.27. The summed E-state index contributed by atoms with van der Waals surface area (Å²) in [6.45, 7) is 1.67. The lowest BCUT2D eigenvalue weighted by Crippen LogP contribution is -2.56. The largest absolute Gasteiger partial charge is 0.324 e. The van der Waals surface area contributed by atoms with E-state index in [1.54, 1.807) is 0 Å². The zero-order valence-corrected chi connectivity index (χ0v) is 9.72. The molecule has 1 aliphatic carbocycles. The second kappa shape index (κ2) is 4.01. The fourth-order valence-electron chi connectivity index (χ4n) is 2.06. The van der Waals surface area contributed by atoms with Crippen LogP contribution in [-0.2, 0) is 10.2 Å². The highest BCUT2D eigenvalue weighted by molar-refractivity contribution is 7.87. The van der Waals surface area contributed by atoms with Gasteiger partial charge in [0, 0.05) is 25.2 Å². The Hall–Kier alpha value is -0.170. The van der Waals surface area contributed by atoms with E-state index >= 15 is 0 Å². The van der Waals surface area contributed by atoms with E-state index in [2.05, 4.69) is 4.72 Å². The normalized spacial score (nSPS) is 26.5. The van der Waals surface area contributed by atoms with E-state index in [0.29, 0.717) is 19.6 Å². The molecule has 1 saturated heterocycles. The van der Waals surface area contributed by atoms with Crippen LogP contribution >= 0.6 is 0 Å². The summed E-state index contributed by atoms with van der Waals surface area (Å²) in [4.78, 5) is 0. The van der Waals surface area contributed by atoms with Crippen molar-refractivity contribution in [2.75, 3.05) is 19.6 Å². The molecule has 2 rings (SSSR count). The quantitative estimate of drug-likeness (QED) is 0.706. The monoisotopic (exact) mass is 233 g/mol. The van der Waals surface area contributed by atoms with Gasteiger partial charge in [0.05, 0.1) is 0 Å². The second-order valence-corrected chi connectivity index (χ2v) is 6.40. The summed E-state index contributed by atoms with van der Waals surface area (Å²) >= 11 is 0. The van der Waals surface area contributed by atoms with Crippen molar-refractivity contribution >= 4 is 10.2 Å². The average Bonchev–Trinajstić information content (AvgIpc) is 2.65. The van der Waals surface area contributed by atoms with E-state index < -0.39 is 10.2 Å². The van der Waals surface area contributed by atoms with Crippen molar-refractivity contribution in [3.05, 3.63) is 0 Å². The van der Waals surface area contributed by atoms with Crippen LogP contribution in [0.3, 0.4) is 0 Å². The van der Waals surface area contributed by atoms with Gasteiger partial charge in [-0.15, -0.1) is 0 Å². The number of rotatable bonds is 4. The summed E-state index contributed by atoms with van der Waals surface area (Å²) in [5.41, 5.74) is 5.68. The maximum Gasteiger partial charge on any atom is 0.279 e. The fraction of sp³-hybridized carbons (Fsp3) is 1.00. The predicted octanol–water partition coefficient (Wildman–Crippen LogP) is -0.202. The van der Waals surface area contributed by atoms with E-state index in [1.165, 1.54) is 4.31 Å². The first kappa shape index (κ1) is 11.3. The third-order valence-electron chi connectivity index (χ3n) is 3.36. The number of nitrogens with two attached hydrogens (primary N) is 1. The molecule has 0 atom stereocenters. The summed E-state index contributed by atoms with van der Waals surface area (Å²) in [6, 6.07) is 0. The molecule has 1 saturated carbocycles. The van der Waals surface area contributed by atoms with Crippen LogP contribution < -0.4 is 10.5 Å². The van der Waals surface area contributed by atoms with Gasteiger partial charge in [-0.05, 0) is 32.1 Å². The Labute approximate surface area is 91.2 Å². The van der Waals surface area contributed by atoms with Gasteiger partial charge in [0.2, 0.25) is 0 Å². The topological polar surface area (TPSA) is 75.4 Å². The van der Waals surface area contributed by atoms with Gasteiger partial charge < -0.3 is 5.73 Å². The number of nitrogens with zero attached hydrogens (tertiary/aromatic N) is 1. The first-order chi connectivity index (χ1) is 7.02. The molecule has 5 nitrogen and oxygen atoms in total. The van der Waals surface area contributed by atoms with Gasteiger partial charge in [0.15, 0.2) is 0 Å². The maximum atomic E-state index is 11.8. The molecule has 0 aromatic carbocycles. The van der Waals surface area contributed by atoms with Gasteiger partial charge >= 0.3 is 0 Å². The molecule has 6 heteroatoms. The third-order valence-corrected chi connectivity index (χ3v) is 4.92. The van der Waals surface area contributed by atoms with Crippen LogP contribution in [-0.4, -0.2) is 37.9 Å². The van der Waals surface area contributed by atoms with Crippen molar-refractivity contribution in [1.82, 2.24) is 9.03 Å². The molecule has 2 aliphatic rings. The molecular formula is C9H19N3O2S. The first-order valence-corrected chi connectivity index (χ1v) is 7.00. The first-order valence-electron chi connectivity index (χ1n) is 5.56. The van der Waals surface area contributed by atoms with E-state index in [1.807, 2.05) is 0 Å². The SMILES string of the molecule is NC1(CNS(=O)(=O)N2CCCC2)CCC1. The van der Waals surface area contributed by atoms with Gasteiger partial charge in [-0.25, -0.2) is 4.72 Å².